The minimum Gasteiger partial charge on any atom is -0.497 e. The molecule has 0 radical (unpaired) electrons. The number of aromatic nitrogens is 2. The van der Waals surface area contributed by atoms with Gasteiger partial charge in [0.1, 0.15) is 11.8 Å². The van der Waals surface area contributed by atoms with E-state index in [1.54, 1.807) is 11.8 Å². The number of nitrogens with one attached hydrogen (secondary N) is 2. The maximum Gasteiger partial charge on any atom is 0.294 e. The normalized spacial score (nSPS) is 17.8. The fraction of sp³-hybridized carbons (Fsp3) is 0.250. The molecule has 2 aromatic carbocycles. The minimum absolute atomic E-state index is 0.0857. The molecule has 8 nitrogen and oxygen atoms in total. The van der Waals surface area contributed by atoms with Crippen molar-refractivity contribution in [3.63, 3.8) is 0 Å². The molecule has 2 heterocycles. The second kappa shape index (κ2) is 7.96. The van der Waals surface area contributed by atoms with Crippen LogP contribution in [0, 0.1) is 6.92 Å². The highest BCUT2D eigenvalue weighted by atomic mass is 16.5. The Morgan fingerprint density at radius 2 is 1.75 bits per heavy atom. The Morgan fingerprint density at radius 3 is 2.47 bits per heavy atom. The van der Waals surface area contributed by atoms with Crippen LogP contribution in [0.5, 0.6) is 5.75 Å². The van der Waals surface area contributed by atoms with Crippen molar-refractivity contribution in [2.24, 2.45) is 10.2 Å². The van der Waals surface area contributed by atoms with Gasteiger partial charge in [-0.1, -0.05) is 29.8 Å². The van der Waals surface area contributed by atoms with Crippen molar-refractivity contribution in [1.29, 1.82) is 0 Å². The fourth-order valence-electron chi connectivity index (χ4n) is 4.25. The lowest BCUT2D eigenvalue weighted by Gasteiger charge is -2.33. The first-order valence-electron chi connectivity index (χ1n) is 10.6. The summed E-state index contributed by atoms with van der Waals surface area (Å²) in [4.78, 5) is 25.8. The molecular formula is C24H23N5O3. The number of aryl methyl sites for hydroxylation is 1. The molecule has 0 spiro atoms. The van der Waals surface area contributed by atoms with Gasteiger partial charge in [0, 0.05) is 17.7 Å². The lowest BCUT2D eigenvalue weighted by atomic mass is 9.85. The molecule has 0 saturated carbocycles. The number of anilines is 1. The summed E-state index contributed by atoms with van der Waals surface area (Å²) in [6.07, 6.45) is 2.00. The number of aromatic amines is 1. The summed E-state index contributed by atoms with van der Waals surface area (Å²) in [7, 11) is 1.61. The number of ketones is 1. The van der Waals surface area contributed by atoms with Crippen LogP contribution in [0.3, 0.4) is 0 Å². The van der Waals surface area contributed by atoms with Gasteiger partial charge in [-0.15, -0.1) is 5.11 Å². The van der Waals surface area contributed by atoms with Gasteiger partial charge in [-0.05, 0) is 49.6 Å². The Bertz CT molecular complexity index is 1300. The average Bonchev–Trinajstić information content (AvgIpc) is 3.12. The second-order valence-corrected chi connectivity index (χ2v) is 8.01. The van der Waals surface area contributed by atoms with Crippen molar-refractivity contribution >= 4 is 23.0 Å². The molecule has 3 aromatic rings. The van der Waals surface area contributed by atoms with E-state index in [-0.39, 0.29) is 17.0 Å². The standard InChI is InChI=1S/C24H23N5O3/c1-14-6-10-16(11-7-14)26-27-21-23-25-18-4-3-5-19(30)20(18)22(29(23)28-24(21)31)15-8-12-17(32-2)13-9-15/h6-13,22,25H,3-5H2,1-2H3,(H,28,31). The molecule has 2 aliphatic rings. The maximum absolute atomic E-state index is 12.9. The number of hydrogen-bond acceptors (Lipinski definition) is 6. The first-order chi connectivity index (χ1) is 15.5. The number of benzene rings is 2. The van der Waals surface area contributed by atoms with Crippen molar-refractivity contribution in [3.05, 3.63) is 81.3 Å². The van der Waals surface area contributed by atoms with Crippen LogP contribution in [0.2, 0.25) is 0 Å². The molecule has 2 N–H and O–H groups in total. The third-order valence-electron chi connectivity index (χ3n) is 5.89. The molecule has 0 bridgehead atoms. The van der Waals surface area contributed by atoms with Crippen LogP contribution >= 0.6 is 0 Å². The van der Waals surface area contributed by atoms with Crippen LogP contribution in [0.4, 0.5) is 17.2 Å². The molecule has 32 heavy (non-hydrogen) atoms. The number of rotatable bonds is 4. The highest BCUT2D eigenvalue weighted by Gasteiger charge is 2.37. The highest BCUT2D eigenvalue weighted by molar-refractivity contribution is 5.99. The van der Waals surface area contributed by atoms with E-state index in [4.69, 9.17) is 4.74 Å². The predicted octanol–water partition coefficient (Wildman–Crippen LogP) is 4.93. The highest BCUT2D eigenvalue weighted by Crippen LogP contribution is 2.42. The van der Waals surface area contributed by atoms with Gasteiger partial charge in [0.25, 0.3) is 5.56 Å². The largest absolute Gasteiger partial charge is 0.497 e. The van der Waals surface area contributed by atoms with Gasteiger partial charge < -0.3 is 10.1 Å². The Labute approximate surface area is 184 Å². The fourth-order valence-corrected chi connectivity index (χ4v) is 4.25. The van der Waals surface area contributed by atoms with Gasteiger partial charge in [-0.3, -0.25) is 19.4 Å². The summed E-state index contributed by atoms with van der Waals surface area (Å²) >= 11 is 0. The summed E-state index contributed by atoms with van der Waals surface area (Å²) in [5, 5.41) is 14.7. The molecule has 0 saturated heterocycles. The van der Waals surface area contributed by atoms with E-state index in [1.807, 2.05) is 55.5 Å². The van der Waals surface area contributed by atoms with E-state index in [1.165, 1.54) is 0 Å². The molecule has 0 fully saturated rings. The predicted molar refractivity (Wildman–Crippen MR) is 121 cm³/mol. The molecule has 162 valence electrons. The van der Waals surface area contributed by atoms with Crippen LogP contribution < -0.4 is 15.6 Å². The van der Waals surface area contributed by atoms with E-state index in [0.29, 0.717) is 23.5 Å². The van der Waals surface area contributed by atoms with E-state index >= 15 is 0 Å². The van der Waals surface area contributed by atoms with Gasteiger partial charge in [-0.25, -0.2) is 0 Å². The number of ether oxygens (including phenoxy) is 1. The van der Waals surface area contributed by atoms with Gasteiger partial charge in [0.2, 0.25) is 0 Å². The summed E-state index contributed by atoms with van der Waals surface area (Å²) in [5.74, 6) is 1.32. The molecular weight excluding hydrogens is 406 g/mol. The Kier molecular flexibility index (Phi) is 4.97. The van der Waals surface area contributed by atoms with Crippen LogP contribution in [-0.2, 0) is 4.79 Å². The Morgan fingerprint density at radius 1 is 1.00 bits per heavy atom. The van der Waals surface area contributed by atoms with Gasteiger partial charge in [-0.2, -0.15) is 5.11 Å². The number of allylic oxidation sites excluding steroid dienone is 2. The monoisotopic (exact) mass is 429 g/mol. The minimum atomic E-state index is -0.448. The number of methoxy groups -OCH3 is 1. The van der Waals surface area contributed by atoms with E-state index in [0.717, 1.165) is 35.4 Å². The zero-order valence-electron chi connectivity index (χ0n) is 17.9. The molecule has 8 heteroatoms. The van der Waals surface area contributed by atoms with Crippen LogP contribution in [-0.4, -0.2) is 22.7 Å². The molecule has 0 amide bonds. The van der Waals surface area contributed by atoms with E-state index in [2.05, 4.69) is 20.6 Å². The Balaban J connectivity index is 1.62. The summed E-state index contributed by atoms with van der Waals surface area (Å²) in [6.45, 7) is 2.00. The van der Waals surface area contributed by atoms with Gasteiger partial charge in [0.15, 0.2) is 17.3 Å². The second-order valence-electron chi connectivity index (χ2n) is 8.01. The van der Waals surface area contributed by atoms with E-state index < -0.39 is 6.04 Å². The quantitative estimate of drug-likeness (QED) is 0.574. The third kappa shape index (κ3) is 3.43. The number of fused-ring (bicyclic) bond motifs is 1. The number of nitrogens with zero attached hydrogens (tertiary/aromatic N) is 3. The summed E-state index contributed by atoms with van der Waals surface area (Å²) in [6, 6.07) is 14.7. The SMILES string of the molecule is COc1ccc(C2C3=C(CCCC3=O)Nc3c(N=Nc4ccc(C)cc4)c(=O)[nH]n32)cc1. The third-order valence-corrected chi connectivity index (χ3v) is 5.89. The van der Waals surface area contributed by atoms with Crippen molar-refractivity contribution in [2.75, 3.05) is 12.4 Å². The smallest absolute Gasteiger partial charge is 0.294 e. The number of H-pyrrole nitrogens is 1. The molecule has 1 aliphatic heterocycles. The number of carbonyl (C=O) groups is 1. The zero-order valence-corrected chi connectivity index (χ0v) is 17.9. The molecule has 1 aliphatic carbocycles. The molecule has 5 rings (SSSR count). The first-order valence-corrected chi connectivity index (χ1v) is 10.6. The van der Waals surface area contributed by atoms with Gasteiger partial charge in [0.05, 0.1) is 12.8 Å². The topological polar surface area (TPSA) is 101 Å². The number of carbonyl (C=O) groups excluding carboxylic acids is 1. The lowest BCUT2D eigenvalue weighted by Crippen LogP contribution is -2.31. The maximum atomic E-state index is 12.9. The van der Waals surface area contributed by atoms with Crippen LogP contribution in [0.1, 0.15) is 36.4 Å². The Hall–Kier alpha value is -3.94. The summed E-state index contributed by atoms with van der Waals surface area (Å²) < 4.78 is 6.97. The number of azo groups is 1. The average molecular weight is 429 g/mol. The first kappa shape index (κ1) is 20.0. The van der Waals surface area contributed by atoms with E-state index in [9.17, 15) is 9.59 Å². The number of hydrogen-bond donors (Lipinski definition) is 2. The van der Waals surface area contributed by atoms with Crippen molar-refractivity contribution in [3.8, 4) is 5.75 Å². The van der Waals surface area contributed by atoms with Crippen LogP contribution in [0.15, 0.2) is 74.8 Å². The van der Waals surface area contributed by atoms with Gasteiger partial charge >= 0.3 is 0 Å². The van der Waals surface area contributed by atoms with Crippen molar-refractivity contribution in [2.45, 2.75) is 32.2 Å². The van der Waals surface area contributed by atoms with Crippen LogP contribution in [0.25, 0.3) is 0 Å². The lowest BCUT2D eigenvalue weighted by molar-refractivity contribution is -0.116. The summed E-state index contributed by atoms with van der Waals surface area (Å²) in [5.41, 5.74) is 4.00. The zero-order chi connectivity index (χ0) is 22.2. The molecule has 1 atom stereocenters. The molecule has 1 unspecified atom stereocenters. The van der Waals surface area contributed by atoms with Crippen molar-refractivity contribution < 1.29 is 9.53 Å². The molecule has 1 aromatic heterocycles. The number of Topliss-reactive ketones (excluding diaryl/α,β-unsaturated/α-hetero) is 1. The van der Waals surface area contributed by atoms with Crippen molar-refractivity contribution in [1.82, 2.24) is 9.78 Å².